The molecule has 0 aliphatic heterocycles. The molecule has 0 atom stereocenters. The molecule has 3 N–H and O–H groups in total. The number of carbonyl (C=O) groups is 1. The van der Waals surface area contributed by atoms with Gasteiger partial charge in [-0.1, -0.05) is 12.1 Å². The van der Waals surface area contributed by atoms with Crippen LogP contribution in [0.4, 0.5) is 10.5 Å². The van der Waals surface area contributed by atoms with E-state index in [1.165, 1.54) is 0 Å². The Hall–Kier alpha value is -1.80. The molecule has 0 saturated carbocycles. The topological polar surface area (TPSA) is 96.5 Å². The number of nitrogens with one attached hydrogen (secondary N) is 3. The van der Waals surface area contributed by atoms with E-state index in [0.29, 0.717) is 32.0 Å². The Morgan fingerprint density at radius 1 is 1.27 bits per heavy atom. The normalized spacial score (nSPS) is 11.0. The number of amides is 2. The molecule has 22 heavy (non-hydrogen) atoms. The molecule has 0 fully saturated rings. The highest BCUT2D eigenvalue weighted by atomic mass is 32.2. The van der Waals surface area contributed by atoms with Crippen LogP contribution in [0.5, 0.6) is 0 Å². The zero-order chi connectivity index (χ0) is 16.4. The molecule has 7 nitrogen and oxygen atoms in total. The molecule has 0 saturated heterocycles. The molecule has 1 aromatic rings. The van der Waals surface area contributed by atoms with E-state index in [9.17, 15) is 13.2 Å². The summed E-state index contributed by atoms with van der Waals surface area (Å²) < 4.78 is 29.9. The lowest BCUT2D eigenvalue weighted by Crippen LogP contribution is -2.35. The number of hydrogen-bond acceptors (Lipinski definition) is 4. The Morgan fingerprint density at radius 2 is 2.05 bits per heavy atom. The summed E-state index contributed by atoms with van der Waals surface area (Å²) in [5.74, 6) is 0. The second-order valence-corrected chi connectivity index (χ2v) is 6.48. The van der Waals surface area contributed by atoms with Crippen LogP contribution in [0.2, 0.25) is 0 Å². The van der Waals surface area contributed by atoms with E-state index in [1.807, 2.05) is 13.0 Å². The average Bonchev–Trinajstić information content (AvgIpc) is 2.43. The summed E-state index contributed by atoms with van der Waals surface area (Å²) in [5.41, 5.74) is 1.28. The second-order valence-electron chi connectivity index (χ2n) is 4.73. The Morgan fingerprint density at radius 3 is 2.73 bits per heavy atom. The van der Waals surface area contributed by atoms with Gasteiger partial charge in [-0.15, -0.1) is 0 Å². The summed E-state index contributed by atoms with van der Waals surface area (Å²) in [6.07, 6.45) is 1.85. The SMILES string of the molecule is CCOCCCNC(=O)NCc1cccc(NS(C)(=O)=O)c1. The quantitative estimate of drug-likeness (QED) is 0.595. The molecule has 0 unspecified atom stereocenters. The number of benzene rings is 1. The molecule has 0 aromatic heterocycles. The molecule has 0 radical (unpaired) electrons. The number of ether oxygens (including phenoxy) is 1. The van der Waals surface area contributed by atoms with Gasteiger partial charge in [-0.25, -0.2) is 13.2 Å². The largest absolute Gasteiger partial charge is 0.382 e. The van der Waals surface area contributed by atoms with Crippen molar-refractivity contribution < 1.29 is 17.9 Å². The number of urea groups is 1. The summed E-state index contributed by atoms with van der Waals surface area (Å²) in [5, 5.41) is 5.43. The van der Waals surface area contributed by atoms with Crippen molar-refractivity contribution in [1.82, 2.24) is 10.6 Å². The van der Waals surface area contributed by atoms with Gasteiger partial charge in [-0.3, -0.25) is 4.72 Å². The molecule has 0 aliphatic rings. The van der Waals surface area contributed by atoms with Crippen molar-refractivity contribution in [2.24, 2.45) is 0 Å². The van der Waals surface area contributed by atoms with Crippen LogP contribution in [0, 0.1) is 0 Å². The highest BCUT2D eigenvalue weighted by Crippen LogP contribution is 2.11. The first-order valence-electron chi connectivity index (χ1n) is 7.07. The number of carbonyl (C=O) groups excluding carboxylic acids is 1. The van der Waals surface area contributed by atoms with Crippen LogP contribution in [0.25, 0.3) is 0 Å². The molecule has 0 heterocycles. The van der Waals surface area contributed by atoms with E-state index in [0.717, 1.165) is 18.2 Å². The maximum atomic E-state index is 11.6. The van der Waals surface area contributed by atoms with Gasteiger partial charge in [0.2, 0.25) is 10.0 Å². The number of anilines is 1. The molecular weight excluding hydrogens is 306 g/mol. The predicted octanol–water partition coefficient (Wildman–Crippen LogP) is 1.28. The van der Waals surface area contributed by atoms with Gasteiger partial charge in [-0.05, 0) is 31.0 Å². The van der Waals surface area contributed by atoms with E-state index in [2.05, 4.69) is 15.4 Å². The summed E-state index contributed by atoms with van der Waals surface area (Å²) >= 11 is 0. The van der Waals surface area contributed by atoms with E-state index < -0.39 is 10.0 Å². The van der Waals surface area contributed by atoms with Crippen LogP contribution in [0.3, 0.4) is 0 Å². The van der Waals surface area contributed by atoms with Gasteiger partial charge < -0.3 is 15.4 Å². The van der Waals surface area contributed by atoms with Crippen molar-refractivity contribution in [1.29, 1.82) is 0 Å². The fraction of sp³-hybridized carbons (Fsp3) is 0.500. The first-order valence-corrected chi connectivity index (χ1v) is 8.96. The van der Waals surface area contributed by atoms with E-state index in [-0.39, 0.29) is 6.03 Å². The van der Waals surface area contributed by atoms with Gasteiger partial charge in [0.1, 0.15) is 0 Å². The third-order valence-corrected chi connectivity index (χ3v) is 3.24. The van der Waals surface area contributed by atoms with Crippen molar-refractivity contribution in [3.63, 3.8) is 0 Å². The van der Waals surface area contributed by atoms with Crippen LogP contribution < -0.4 is 15.4 Å². The van der Waals surface area contributed by atoms with Gasteiger partial charge in [0.05, 0.1) is 6.26 Å². The highest BCUT2D eigenvalue weighted by molar-refractivity contribution is 7.92. The lowest BCUT2D eigenvalue weighted by Gasteiger charge is -2.09. The Bertz CT molecular complexity index is 575. The second kappa shape index (κ2) is 9.26. The van der Waals surface area contributed by atoms with E-state index in [4.69, 9.17) is 4.74 Å². The van der Waals surface area contributed by atoms with Gasteiger partial charge in [0, 0.05) is 32.0 Å². The lowest BCUT2D eigenvalue weighted by atomic mass is 10.2. The van der Waals surface area contributed by atoms with Crippen molar-refractivity contribution in [3.05, 3.63) is 29.8 Å². The fourth-order valence-electron chi connectivity index (χ4n) is 1.72. The summed E-state index contributed by atoms with van der Waals surface area (Å²) in [4.78, 5) is 11.6. The van der Waals surface area contributed by atoms with Gasteiger partial charge in [-0.2, -0.15) is 0 Å². The predicted molar refractivity (Wildman–Crippen MR) is 86.3 cm³/mol. The van der Waals surface area contributed by atoms with Gasteiger partial charge >= 0.3 is 6.03 Å². The number of rotatable bonds is 9. The Balaban J connectivity index is 2.35. The molecule has 0 bridgehead atoms. The van der Waals surface area contributed by atoms with Crippen LogP contribution >= 0.6 is 0 Å². The highest BCUT2D eigenvalue weighted by Gasteiger charge is 2.04. The first-order chi connectivity index (χ1) is 10.4. The van der Waals surface area contributed by atoms with Crippen molar-refractivity contribution in [2.45, 2.75) is 19.9 Å². The number of hydrogen-bond donors (Lipinski definition) is 3. The summed E-state index contributed by atoms with van der Waals surface area (Å²) in [6, 6.07) is 6.60. The third kappa shape index (κ3) is 8.48. The monoisotopic (exact) mass is 329 g/mol. The zero-order valence-electron chi connectivity index (χ0n) is 12.9. The summed E-state index contributed by atoms with van der Waals surface area (Å²) in [6.45, 7) is 4.07. The molecule has 1 aromatic carbocycles. The maximum Gasteiger partial charge on any atom is 0.315 e. The van der Waals surface area contributed by atoms with Crippen molar-refractivity contribution in [3.8, 4) is 0 Å². The maximum absolute atomic E-state index is 11.6. The molecule has 0 spiro atoms. The standard InChI is InChI=1S/C14H23N3O4S/c1-3-21-9-5-8-15-14(18)16-11-12-6-4-7-13(10-12)17-22(2,19)20/h4,6-7,10,17H,3,5,8-9,11H2,1-2H3,(H2,15,16,18). The molecule has 2 amide bonds. The van der Waals surface area contributed by atoms with Crippen LogP contribution in [-0.4, -0.2) is 40.5 Å². The number of sulfonamides is 1. The van der Waals surface area contributed by atoms with Crippen molar-refractivity contribution in [2.75, 3.05) is 30.7 Å². The minimum Gasteiger partial charge on any atom is -0.382 e. The molecule has 0 aliphatic carbocycles. The van der Waals surface area contributed by atoms with E-state index >= 15 is 0 Å². The third-order valence-electron chi connectivity index (χ3n) is 2.64. The Kier molecular flexibility index (Phi) is 7.69. The molecule has 8 heteroatoms. The molecule has 1 rings (SSSR count). The van der Waals surface area contributed by atoms with Crippen LogP contribution in [0.1, 0.15) is 18.9 Å². The Labute approximate surface area is 131 Å². The fourth-order valence-corrected chi connectivity index (χ4v) is 2.28. The van der Waals surface area contributed by atoms with Crippen LogP contribution in [0.15, 0.2) is 24.3 Å². The average molecular weight is 329 g/mol. The summed E-state index contributed by atoms with van der Waals surface area (Å²) in [7, 11) is -3.31. The van der Waals surface area contributed by atoms with Crippen molar-refractivity contribution >= 4 is 21.7 Å². The van der Waals surface area contributed by atoms with Gasteiger partial charge in [0.25, 0.3) is 0 Å². The first kappa shape index (κ1) is 18.2. The van der Waals surface area contributed by atoms with Crippen LogP contribution in [-0.2, 0) is 21.3 Å². The molecular formula is C14H23N3O4S. The molecule has 124 valence electrons. The lowest BCUT2D eigenvalue weighted by molar-refractivity contribution is 0.145. The zero-order valence-corrected chi connectivity index (χ0v) is 13.7. The smallest absolute Gasteiger partial charge is 0.315 e. The van der Waals surface area contributed by atoms with E-state index in [1.54, 1.807) is 18.2 Å². The minimum atomic E-state index is -3.31. The van der Waals surface area contributed by atoms with Gasteiger partial charge in [0.15, 0.2) is 0 Å². The minimum absolute atomic E-state index is 0.266.